The van der Waals surface area contributed by atoms with Gasteiger partial charge in [-0.1, -0.05) is 31.2 Å². The summed E-state index contributed by atoms with van der Waals surface area (Å²) in [5, 5.41) is 2.93. The molecule has 0 atom stereocenters. The Hall–Kier alpha value is -1.48. The van der Waals surface area contributed by atoms with Crippen LogP contribution >= 0.6 is 11.3 Å². The van der Waals surface area contributed by atoms with Gasteiger partial charge in [-0.25, -0.2) is 4.98 Å². The Morgan fingerprint density at radius 1 is 1.31 bits per heavy atom. The molecule has 1 aromatic carbocycles. The van der Waals surface area contributed by atoms with Gasteiger partial charge in [-0.3, -0.25) is 0 Å². The molecule has 0 bridgehead atoms. The van der Waals surface area contributed by atoms with Gasteiger partial charge in [0.15, 0.2) is 0 Å². The van der Waals surface area contributed by atoms with Crippen molar-refractivity contribution >= 4 is 17.6 Å². The van der Waals surface area contributed by atoms with Gasteiger partial charge in [0.1, 0.15) is 11.3 Å². The first-order chi connectivity index (χ1) is 7.83. The van der Waals surface area contributed by atoms with Crippen LogP contribution in [0.3, 0.4) is 0 Å². The van der Waals surface area contributed by atoms with Crippen molar-refractivity contribution in [2.45, 2.75) is 19.8 Å². The lowest BCUT2D eigenvalue weighted by atomic mass is 10.1. The van der Waals surface area contributed by atoms with Crippen molar-refractivity contribution in [1.82, 2.24) is 4.98 Å². The molecule has 0 saturated carbocycles. The van der Waals surface area contributed by atoms with E-state index in [-0.39, 0.29) is 0 Å². The van der Waals surface area contributed by atoms with Crippen LogP contribution in [0.4, 0.5) is 0 Å². The van der Waals surface area contributed by atoms with Crippen LogP contribution in [0.1, 0.15) is 18.2 Å². The first-order valence-corrected chi connectivity index (χ1v) is 6.18. The molecule has 0 aliphatic rings. The van der Waals surface area contributed by atoms with E-state index in [1.807, 2.05) is 5.38 Å². The number of aldehydes is 1. The number of nitrogens with zero attached hydrogens (tertiary/aromatic N) is 1. The van der Waals surface area contributed by atoms with Crippen LogP contribution in [0.15, 0.2) is 29.6 Å². The SMILES string of the molecule is CCc1ccc(-c2nc(CC=O)cs2)cc1. The Labute approximate surface area is 99.0 Å². The summed E-state index contributed by atoms with van der Waals surface area (Å²) in [4.78, 5) is 14.8. The van der Waals surface area contributed by atoms with Gasteiger partial charge >= 0.3 is 0 Å². The highest BCUT2D eigenvalue weighted by atomic mass is 32.1. The van der Waals surface area contributed by atoms with Crippen molar-refractivity contribution in [1.29, 1.82) is 0 Å². The lowest BCUT2D eigenvalue weighted by molar-refractivity contribution is -0.107. The Kier molecular flexibility index (Phi) is 3.47. The number of aryl methyl sites for hydroxylation is 1. The second-order valence-corrected chi connectivity index (χ2v) is 4.42. The van der Waals surface area contributed by atoms with E-state index in [4.69, 9.17) is 0 Å². The third-order valence-electron chi connectivity index (χ3n) is 2.45. The molecule has 2 aromatic rings. The molecular weight excluding hydrogens is 218 g/mol. The molecule has 0 fully saturated rings. The van der Waals surface area contributed by atoms with Crippen molar-refractivity contribution in [3.8, 4) is 10.6 Å². The molecule has 0 amide bonds. The summed E-state index contributed by atoms with van der Waals surface area (Å²) in [6.07, 6.45) is 2.34. The third-order valence-corrected chi connectivity index (χ3v) is 3.39. The maximum atomic E-state index is 10.4. The number of aromatic nitrogens is 1. The normalized spacial score (nSPS) is 10.3. The van der Waals surface area contributed by atoms with Crippen LogP contribution in [0, 0.1) is 0 Å². The third kappa shape index (κ3) is 2.36. The second kappa shape index (κ2) is 5.03. The largest absolute Gasteiger partial charge is 0.303 e. The zero-order valence-corrected chi connectivity index (χ0v) is 9.96. The van der Waals surface area contributed by atoms with Gasteiger partial charge in [0.25, 0.3) is 0 Å². The van der Waals surface area contributed by atoms with E-state index in [0.29, 0.717) is 6.42 Å². The summed E-state index contributed by atoms with van der Waals surface area (Å²) in [7, 11) is 0. The van der Waals surface area contributed by atoms with E-state index in [0.717, 1.165) is 29.0 Å². The minimum absolute atomic E-state index is 0.406. The summed E-state index contributed by atoms with van der Waals surface area (Å²) in [5.74, 6) is 0. The highest BCUT2D eigenvalue weighted by Crippen LogP contribution is 2.24. The molecule has 0 spiro atoms. The first-order valence-electron chi connectivity index (χ1n) is 5.31. The lowest BCUT2D eigenvalue weighted by Crippen LogP contribution is -1.86. The van der Waals surface area contributed by atoms with E-state index in [1.165, 1.54) is 5.56 Å². The van der Waals surface area contributed by atoms with Crippen molar-refractivity contribution in [3.05, 3.63) is 40.9 Å². The van der Waals surface area contributed by atoms with Gasteiger partial charge in [-0.05, 0) is 12.0 Å². The molecule has 3 heteroatoms. The summed E-state index contributed by atoms with van der Waals surface area (Å²) in [6.45, 7) is 2.14. The zero-order chi connectivity index (χ0) is 11.4. The molecule has 16 heavy (non-hydrogen) atoms. The van der Waals surface area contributed by atoms with Crippen molar-refractivity contribution < 1.29 is 4.79 Å². The summed E-state index contributed by atoms with van der Waals surface area (Å²) in [5.41, 5.74) is 3.31. The Morgan fingerprint density at radius 3 is 2.69 bits per heavy atom. The van der Waals surface area contributed by atoms with Gasteiger partial charge in [0.2, 0.25) is 0 Å². The van der Waals surface area contributed by atoms with Gasteiger partial charge < -0.3 is 4.79 Å². The fourth-order valence-electron chi connectivity index (χ4n) is 1.50. The van der Waals surface area contributed by atoms with Crippen LogP contribution in [-0.2, 0) is 17.6 Å². The lowest BCUT2D eigenvalue weighted by Gasteiger charge is -1.98. The predicted octanol–water partition coefficient (Wildman–Crippen LogP) is 3.11. The van der Waals surface area contributed by atoms with Crippen LogP contribution in [0.2, 0.25) is 0 Å². The number of rotatable bonds is 4. The average Bonchev–Trinajstić information content (AvgIpc) is 2.78. The average molecular weight is 231 g/mol. The predicted molar refractivity (Wildman–Crippen MR) is 66.7 cm³/mol. The zero-order valence-electron chi connectivity index (χ0n) is 9.14. The quantitative estimate of drug-likeness (QED) is 0.757. The molecule has 0 aliphatic heterocycles. The smallest absolute Gasteiger partial charge is 0.125 e. The maximum absolute atomic E-state index is 10.4. The van der Waals surface area contributed by atoms with Gasteiger partial charge in [-0.15, -0.1) is 11.3 Å². The Balaban J connectivity index is 2.24. The molecule has 82 valence electrons. The molecule has 1 heterocycles. The number of carbonyl (C=O) groups is 1. The number of hydrogen-bond acceptors (Lipinski definition) is 3. The maximum Gasteiger partial charge on any atom is 0.125 e. The van der Waals surface area contributed by atoms with E-state index < -0.39 is 0 Å². The molecule has 2 rings (SSSR count). The minimum atomic E-state index is 0.406. The molecule has 0 unspecified atom stereocenters. The number of carbonyl (C=O) groups excluding carboxylic acids is 1. The molecule has 1 aromatic heterocycles. The Bertz CT molecular complexity index is 473. The summed E-state index contributed by atoms with van der Waals surface area (Å²) < 4.78 is 0. The van der Waals surface area contributed by atoms with E-state index in [9.17, 15) is 4.79 Å². The number of thiazole rings is 1. The molecule has 0 saturated heterocycles. The van der Waals surface area contributed by atoms with Crippen LogP contribution in [-0.4, -0.2) is 11.3 Å². The van der Waals surface area contributed by atoms with E-state index in [2.05, 4.69) is 36.2 Å². The summed E-state index contributed by atoms with van der Waals surface area (Å²) >= 11 is 1.59. The molecule has 0 N–H and O–H groups in total. The van der Waals surface area contributed by atoms with Crippen LogP contribution in [0.5, 0.6) is 0 Å². The highest BCUT2D eigenvalue weighted by molar-refractivity contribution is 7.13. The molecule has 0 radical (unpaired) electrons. The fraction of sp³-hybridized carbons (Fsp3) is 0.231. The van der Waals surface area contributed by atoms with Gasteiger partial charge in [-0.2, -0.15) is 0 Å². The molecule has 2 nitrogen and oxygen atoms in total. The monoisotopic (exact) mass is 231 g/mol. The Morgan fingerprint density at radius 2 is 2.06 bits per heavy atom. The van der Waals surface area contributed by atoms with Gasteiger partial charge in [0, 0.05) is 17.4 Å². The van der Waals surface area contributed by atoms with E-state index >= 15 is 0 Å². The number of hydrogen-bond donors (Lipinski definition) is 0. The fourth-order valence-corrected chi connectivity index (χ4v) is 2.34. The summed E-state index contributed by atoms with van der Waals surface area (Å²) in [6, 6.07) is 8.41. The van der Waals surface area contributed by atoms with E-state index in [1.54, 1.807) is 11.3 Å². The topological polar surface area (TPSA) is 30.0 Å². The standard InChI is InChI=1S/C13H13NOS/c1-2-10-3-5-11(6-4-10)13-14-12(7-8-15)9-16-13/h3-6,8-9H,2,7H2,1H3. The van der Waals surface area contributed by atoms with Crippen LogP contribution in [0.25, 0.3) is 10.6 Å². The van der Waals surface area contributed by atoms with Gasteiger partial charge in [0.05, 0.1) is 5.69 Å². The second-order valence-electron chi connectivity index (χ2n) is 3.57. The highest BCUT2D eigenvalue weighted by Gasteiger charge is 2.03. The van der Waals surface area contributed by atoms with Crippen LogP contribution < -0.4 is 0 Å². The van der Waals surface area contributed by atoms with Crippen molar-refractivity contribution in [2.24, 2.45) is 0 Å². The minimum Gasteiger partial charge on any atom is -0.303 e. The molecule has 0 aliphatic carbocycles. The molecular formula is C13H13NOS. The number of benzene rings is 1. The van der Waals surface area contributed by atoms with Crippen molar-refractivity contribution in [3.63, 3.8) is 0 Å². The first kappa shape index (κ1) is 11.0. The van der Waals surface area contributed by atoms with Crippen molar-refractivity contribution in [2.75, 3.05) is 0 Å².